The van der Waals surface area contributed by atoms with Crippen LogP contribution in [0.5, 0.6) is 5.75 Å². The quantitative estimate of drug-likeness (QED) is 0.846. The van der Waals surface area contributed by atoms with Gasteiger partial charge in [0.05, 0.1) is 6.61 Å². The molecule has 0 atom stereocenters. The van der Waals surface area contributed by atoms with Crippen LogP contribution in [0.3, 0.4) is 0 Å². The number of nitrogens with one attached hydrogen (secondary N) is 1. The maximum Gasteiger partial charge on any atom is 0.315 e. The third-order valence-corrected chi connectivity index (χ3v) is 3.32. The first-order valence-corrected chi connectivity index (χ1v) is 7.37. The molecule has 0 radical (unpaired) electrons. The summed E-state index contributed by atoms with van der Waals surface area (Å²) >= 11 is 0. The Bertz CT molecular complexity index is 577. The van der Waals surface area contributed by atoms with E-state index >= 15 is 0 Å². The molecule has 0 heterocycles. The van der Waals surface area contributed by atoms with Gasteiger partial charge in [-0.15, -0.1) is 0 Å². The van der Waals surface area contributed by atoms with Crippen LogP contribution in [0.25, 0.3) is 0 Å². The number of hydrogen-bond donors (Lipinski definition) is 1. The van der Waals surface area contributed by atoms with E-state index in [1.54, 1.807) is 6.92 Å². The lowest BCUT2D eigenvalue weighted by molar-refractivity contribution is -0.126. The highest BCUT2D eigenvalue weighted by Gasteiger charge is 2.20. The second-order valence-corrected chi connectivity index (χ2v) is 5.86. The molecule has 106 valence electrons. The summed E-state index contributed by atoms with van der Waals surface area (Å²) in [6.07, 6.45) is -3.21. The van der Waals surface area contributed by atoms with Crippen molar-refractivity contribution in [2.45, 2.75) is 18.2 Å². The van der Waals surface area contributed by atoms with Gasteiger partial charge in [-0.1, -0.05) is 0 Å². The Kier molecular flexibility index (Phi) is 5.07. The third kappa shape index (κ3) is 4.32. The molecule has 1 rings (SSSR count). The minimum Gasteiger partial charge on any atom is -0.492 e. The highest BCUT2D eigenvalue weighted by molar-refractivity contribution is 8.13. The lowest BCUT2D eigenvalue weighted by Crippen LogP contribution is -2.20. The number of hydrogen-bond acceptors (Lipinski definition) is 4. The van der Waals surface area contributed by atoms with Crippen LogP contribution in [0.4, 0.5) is 14.5 Å². The van der Waals surface area contributed by atoms with Gasteiger partial charge in [-0.25, -0.2) is 8.42 Å². The average molecular weight is 314 g/mol. The van der Waals surface area contributed by atoms with E-state index in [-0.39, 0.29) is 18.0 Å². The van der Waals surface area contributed by atoms with Gasteiger partial charge in [-0.05, 0) is 25.1 Å². The van der Waals surface area contributed by atoms with E-state index in [2.05, 4.69) is 0 Å². The van der Waals surface area contributed by atoms with Gasteiger partial charge in [0, 0.05) is 16.4 Å². The van der Waals surface area contributed by atoms with Crippen LogP contribution >= 0.6 is 10.7 Å². The van der Waals surface area contributed by atoms with E-state index in [0.29, 0.717) is 0 Å². The molecule has 0 saturated carbocycles. The predicted molar refractivity (Wildman–Crippen MR) is 65.3 cm³/mol. The summed E-state index contributed by atoms with van der Waals surface area (Å²) in [4.78, 5) is 10.4. The van der Waals surface area contributed by atoms with Crippen molar-refractivity contribution in [2.75, 3.05) is 11.9 Å². The molecule has 1 aromatic rings. The van der Waals surface area contributed by atoms with Crippen molar-refractivity contribution in [1.82, 2.24) is 0 Å². The molecule has 1 aromatic carbocycles. The van der Waals surface area contributed by atoms with Crippen molar-refractivity contribution in [3.63, 3.8) is 0 Å². The summed E-state index contributed by atoms with van der Waals surface area (Å²) in [5, 5.41) is 1.86. The summed E-state index contributed by atoms with van der Waals surface area (Å²) < 4.78 is 51.8. The molecule has 0 aliphatic rings. The first-order chi connectivity index (χ1) is 8.75. The Morgan fingerprint density at radius 2 is 2.11 bits per heavy atom. The summed E-state index contributed by atoms with van der Waals surface area (Å²) in [5.41, 5.74) is -0.118. The van der Waals surface area contributed by atoms with Crippen molar-refractivity contribution >= 4 is 31.3 Å². The first kappa shape index (κ1) is 15.6. The van der Waals surface area contributed by atoms with Crippen molar-refractivity contribution < 1.29 is 26.7 Å². The number of amides is 1. The van der Waals surface area contributed by atoms with Gasteiger partial charge >= 0.3 is 6.43 Å². The number of carbonyl (C=O) groups is 1. The number of alkyl halides is 2. The molecule has 1 amide bonds. The number of carbonyl (C=O) groups excluding carboxylic acids is 1. The van der Waals surface area contributed by atoms with E-state index < -0.39 is 26.3 Å². The maximum atomic E-state index is 12.1. The zero-order valence-corrected chi connectivity index (χ0v) is 11.3. The van der Waals surface area contributed by atoms with Gasteiger partial charge in [-0.3, -0.25) is 4.79 Å². The molecular weight excluding hydrogens is 304 g/mol. The van der Waals surface area contributed by atoms with Gasteiger partial charge < -0.3 is 10.1 Å². The maximum absolute atomic E-state index is 12.1. The average Bonchev–Trinajstić information content (AvgIpc) is 2.29. The zero-order valence-electron chi connectivity index (χ0n) is 9.69. The fourth-order valence-electron chi connectivity index (χ4n) is 1.25. The van der Waals surface area contributed by atoms with Crippen molar-refractivity contribution in [2.24, 2.45) is 0 Å². The molecule has 0 bridgehead atoms. The number of ether oxygens (including phenoxy) is 1. The van der Waals surface area contributed by atoms with Crippen molar-refractivity contribution in [1.29, 1.82) is 0 Å². The van der Waals surface area contributed by atoms with Crippen LogP contribution in [-0.2, 0) is 13.8 Å². The van der Waals surface area contributed by atoms with E-state index in [0.717, 1.165) is 6.07 Å². The fourth-order valence-corrected chi connectivity index (χ4v) is 2.24. The van der Waals surface area contributed by atoms with E-state index in [1.165, 1.54) is 12.1 Å². The van der Waals surface area contributed by atoms with Gasteiger partial charge in [0.1, 0.15) is 10.6 Å². The minimum absolute atomic E-state index is 0.0208. The van der Waals surface area contributed by atoms with Crippen LogP contribution in [-0.4, -0.2) is 27.4 Å². The summed E-state index contributed by atoms with van der Waals surface area (Å²) in [6.45, 7) is 1.83. The SMILES string of the molecule is CCOc1ccc(NC(=O)C(F)F)cc1S(=O)(=O)Cl. The second-order valence-electron chi connectivity index (χ2n) is 3.32. The Morgan fingerprint density at radius 3 is 2.58 bits per heavy atom. The van der Waals surface area contributed by atoms with E-state index in [9.17, 15) is 22.0 Å². The fraction of sp³-hybridized carbons (Fsp3) is 0.300. The molecule has 5 nitrogen and oxygen atoms in total. The highest BCUT2D eigenvalue weighted by Crippen LogP contribution is 2.30. The minimum atomic E-state index is -4.13. The standard InChI is InChI=1S/C10H10ClF2NO4S/c1-2-18-7-4-3-6(14-10(15)9(12)13)5-8(7)19(11,16)17/h3-5,9H,2H2,1H3,(H,14,15). The number of anilines is 1. The lowest BCUT2D eigenvalue weighted by atomic mass is 10.3. The highest BCUT2D eigenvalue weighted by atomic mass is 35.7. The summed E-state index contributed by atoms with van der Waals surface area (Å²) in [7, 11) is 1.08. The van der Waals surface area contributed by atoms with Crippen LogP contribution in [0.1, 0.15) is 6.92 Å². The van der Waals surface area contributed by atoms with Crippen LogP contribution in [0.15, 0.2) is 23.1 Å². The van der Waals surface area contributed by atoms with Crippen LogP contribution in [0, 0.1) is 0 Å². The normalized spacial score (nSPS) is 11.4. The number of benzene rings is 1. The summed E-state index contributed by atoms with van der Waals surface area (Å²) in [5.74, 6) is -1.56. The zero-order chi connectivity index (χ0) is 14.6. The van der Waals surface area contributed by atoms with E-state index in [1.807, 2.05) is 5.32 Å². The Morgan fingerprint density at radius 1 is 1.47 bits per heavy atom. The molecule has 19 heavy (non-hydrogen) atoms. The van der Waals surface area contributed by atoms with E-state index in [4.69, 9.17) is 15.4 Å². The van der Waals surface area contributed by atoms with Crippen LogP contribution < -0.4 is 10.1 Å². The predicted octanol–water partition coefficient (Wildman–Crippen LogP) is 2.22. The topological polar surface area (TPSA) is 72.5 Å². The Hall–Kier alpha value is -1.41. The molecular formula is C10H10ClF2NO4S. The summed E-state index contributed by atoms with van der Waals surface area (Å²) in [6, 6.07) is 3.41. The number of rotatable bonds is 5. The van der Waals surface area contributed by atoms with Gasteiger partial charge in [0.2, 0.25) is 0 Å². The molecule has 9 heteroatoms. The van der Waals surface area contributed by atoms with Crippen molar-refractivity contribution in [3.8, 4) is 5.75 Å². The largest absolute Gasteiger partial charge is 0.492 e. The van der Waals surface area contributed by atoms with Gasteiger partial charge in [-0.2, -0.15) is 8.78 Å². The monoisotopic (exact) mass is 313 g/mol. The molecule has 0 saturated heterocycles. The van der Waals surface area contributed by atoms with Gasteiger partial charge in [0.25, 0.3) is 15.0 Å². The molecule has 0 fully saturated rings. The molecule has 0 unspecified atom stereocenters. The van der Waals surface area contributed by atoms with Crippen molar-refractivity contribution in [3.05, 3.63) is 18.2 Å². The third-order valence-electron chi connectivity index (χ3n) is 1.97. The Labute approximate surface area is 112 Å². The molecule has 0 aliphatic carbocycles. The smallest absolute Gasteiger partial charge is 0.315 e. The van der Waals surface area contributed by atoms with Crippen LogP contribution in [0.2, 0.25) is 0 Å². The van der Waals surface area contributed by atoms with Gasteiger partial charge in [0.15, 0.2) is 0 Å². The molecule has 0 aliphatic heterocycles. The first-order valence-electron chi connectivity index (χ1n) is 5.06. The molecule has 0 spiro atoms. The molecule has 0 aromatic heterocycles. The number of halogens is 3. The second kappa shape index (κ2) is 6.16. The lowest BCUT2D eigenvalue weighted by Gasteiger charge is -2.10. The Balaban J connectivity index is 3.15. The molecule has 1 N–H and O–H groups in total.